The highest BCUT2D eigenvalue weighted by Gasteiger charge is 2.22. The van der Waals surface area contributed by atoms with E-state index in [9.17, 15) is 9.59 Å². The lowest BCUT2D eigenvalue weighted by atomic mass is 9.90. The van der Waals surface area contributed by atoms with Crippen molar-refractivity contribution in [1.29, 1.82) is 0 Å². The minimum absolute atomic E-state index is 0.0930. The molecule has 0 amide bonds. The fourth-order valence-electron chi connectivity index (χ4n) is 2.52. The molecule has 0 fully saturated rings. The first-order valence-corrected chi connectivity index (χ1v) is 9.31. The predicted octanol–water partition coefficient (Wildman–Crippen LogP) is 5.35. The number of Topliss-reactive ketones (excluding diaryl/α,β-unsaturated/α-hetero) is 2. The van der Waals surface area contributed by atoms with E-state index < -0.39 is 0 Å². The van der Waals surface area contributed by atoms with Crippen LogP contribution in [0.4, 0.5) is 0 Å². The average molecular weight is 383 g/mol. The van der Waals surface area contributed by atoms with Gasteiger partial charge in [0.05, 0.1) is 12.5 Å². The molecular weight excluding hydrogens is 356 g/mol. The van der Waals surface area contributed by atoms with Crippen LogP contribution in [0.15, 0.2) is 28.7 Å². The standard InChI is InChI=1S/C19H27BrO3/c1-3-18(21)17(19(22)4-2)9-7-5-6-8-14-23-16-12-10-15(20)11-13-16/h10-13,17H,3-9,14H2,1-2H3. The van der Waals surface area contributed by atoms with Crippen LogP contribution in [0.3, 0.4) is 0 Å². The minimum Gasteiger partial charge on any atom is -0.494 e. The lowest BCUT2D eigenvalue weighted by Gasteiger charge is -2.12. The molecule has 0 atom stereocenters. The zero-order valence-corrected chi connectivity index (χ0v) is 15.7. The third-order valence-corrected chi connectivity index (χ3v) is 4.47. The van der Waals surface area contributed by atoms with Gasteiger partial charge in [0.1, 0.15) is 17.3 Å². The molecule has 1 aromatic rings. The molecule has 0 aromatic heterocycles. The molecular formula is C19H27BrO3. The summed E-state index contributed by atoms with van der Waals surface area (Å²) in [4.78, 5) is 23.6. The van der Waals surface area contributed by atoms with Crippen LogP contribution in [0.1, 0.15) is 58.8 Å². The van der Waals surface area contributed by atoms with E-state index >= 15 is 0 Å². The molecule has 0 heterocycles. The maximum absolute atomic E-state index is 11.8. The summed E-state index contributed by atoms with van der Waals surface area (Å²) in [6, 6.07) is 7.82. The number of benzene rings is 1. The molecule has 0 aliphatic heterocycles. The third kappa shape index (κ3) is 7.78. The Bertz CT molecular complexity index is 466. The van der Waals surface area contributed by atoms with Gasteiger partial charge in [-0.25, -0.2) is 0 Å². The van der Waals surface area contributed by atoms with E-state index in [0.717, 1.165) is 35.9 Å². The third-order valence-electron chi connectivity index (χ3n) is 3.94. The molecule has 0 bridgehead atoms. The van der Waals surface area contributed by atoms with Crippen molar-refractivity contribution in [3.63, 3.8) is 0 Å². The first kappa shape index (κ1) is 19.9. The Morgan fingerprint density at radius 3 is 2.09 bits per heavy atom. The SMILES string of the molecule is CCC(=O)C(CCCCCCOc1ccc(Br)cc1)C(=O)CC. The van der Waals surface area contributed by atoms with Crippen molar-refractivity contribution >= 4 is 27.5 Å². The lowest BCUT2D eigenvalue weighted by Crippen LogP contribution is -2.22. The van der Waals surface area contributed by atoms with Gasteiger partial charge in [0, 0.05) is 17.3 Å². The maximum atomic E-state index is 11.8. The first-order valence-electron chi connectivity index (χ1n) is 8.52. The summed E-state index contributed by atoms with van der Waals surface area (Å²) in [6.45, 7) is 4.36. The van der Waals surface area contributed by atoms with Gasteiger partial charge < -0.3 is 4.74 Å². The molecule has 0 unspecified atom stereocenters. The molecule has 0 saturated carbocycles. The van der Waals surface area contributed by atoms with Crippen molar-refractivity contribution in [2.45, 2.75) is 58.8 Å². The quantitative estimate of drug-likeness (QED) is 0.361. The second kappa shape index (κ2) is 11.4. The summed E-state index contributed by atoms with van der Waals surface area (Å²) in [6.07, 6.45) is 5.63. The highest BCUT2D eigenvalue weighted by atomic mass is 79.9. The molecule has 1 rings (SSSR count). The Hall–Kier alpha value is -1.16. The van der Waals surface area contributed by atoms with Gasteiger partial charge in [-0.05, 0) is 37.1 Å². The Morgan fingerprint density at radius 1 is 0.957 bits per heavy atom. The van der Waals surface area contributed by atoms with Crippen LogP contribution in [0.5, 0.6) is 5.75 Å². The van der Waals surface area contributed by atoms with Crippen LogP contribution in [-0.4, -0.2) is 18.2 Å². The topological polar surface area (TPSA) is 43.4 Å². The number of hydrogen-bond acceptors (Lipinski definition) is 3. The number of ketones is 2. The smallest absolute Gasteiger partial charge is 0.143 e. The van der Waals surface area contributed by atoms with E-state index in [0.29, 0.717) is 25.9 Å². The fraction of sp³-hybridized carbons (Fsp3) is 0.579. The summed E-state index contributed by atoms with van der Waals surface area (Å²) in [5.41, 5.74) is 0. The van der Waals surface area contributed by atoms with Crippen molar-refractivity contribution in [3.05, 3.63) is 28.7 Å². The molecule has 0 N–H and O–H groups in total. The lowest BCUT2D eigenvalue weighted by molar-refractivity contribution is -0.132. The van der Waals surface area contributed by atoms with Gasteiger partial charge in [0.25, 0.3) is 0 Å². The van der Waals surface area contributed by atoms with Crippen LogP contribution in [0.25, 0.3) is 0 Å². The zero-order chi connectivity index (χ0) is 17.1. The fourth-order valence-corrected chi connectivity index (χ4v) is 2.78. The van der Waals surface area contributed by atoms with Gasteiger partial charge in [0.15, 0.2) is 0 Å². The number of hydrogen-bond donors (Lipinski definition) is 0. The van der Waals surface area contributed by atoms with Crippen molar-refractivity contribution in [3.8, 4) is 5.75 Å². The molecule has 3 nitrogen and oxygen atoms in total. The molecule has 0 aliphatic carbocycles. The zero-order valence-electron chi connectivity index (χ0n) is 14.1. The van der Waals surface area contributed by atoms with Crippen molar-refractivity contribution in [2.75, 3.05) is 6.61 Å². The van der Waals surface area contributed by atoms with Crippen molar-refractivity contribution in [2.24, 2.45) is 5.92 Å². The molecule has 128 valence electrons. The van der Waals surface area contributed by atoms with Crippen LogP contribution < -0.4 is 4.74 Å². The van der Waals surface area contributed by atoms with E-state index in [1.807, 2.05) is 38.1 Å². The second-order valence-corrected chi connectivity index (χ2v) is 6.61. The largest absolute Gasteiger partial charge is 0.494 e. The second-order valence-electron chi connectivity index (χ2n) is 5.70. The summed E-state index contributed by atoms with van der Waals surface area (Å²) in [5.74, 6) is 0.699. The molecule has 1 aromatic carbocycles. The van der Waals surface area contributed by atoms with Gasteiger partial charge in [0.2, 0.25) is 0 Å². The Balaban J connectivity index is 2.15. The first-order chi connectivity index (χ1) is 11.1. The summed E-state index contributed by atoms with van der Waals surface area (Å²) in [7, 11) is 0. The molecule has 0 spiro atoms. The van der Waals surface area contributed by atoms with E-state index in [-0.39, 0.29) is 17.5 Å². The average Bonchev–Trinajstić information content (AvgIpc) is 2.57. The van der Waals surface area contributed by atoms with Gasteiger partial charge in [-0.2, -0.15) is 0 Å². The highest BCUT2D eigenvalue weighted by molar-refractivity contribution is 9.10. The molecule has 0 aliphatic rings. The summed E-state index contributed by atoms with van der Waals surface area (Å²) >= 11 is 3.39. The molecule has 0 radical (unpaired) electrons. The van der Waals surface area contributed by atoms with E-state index in [2.05, 4.69) is 15.9 Å². The minimum atomic E-state index is -0.371. The van der Waals surface area contributed by atoms with Crippen LogP contribution >= 0.6 is 15.9 Å². The number of rotatable bonds is 12. The monoisotopic (exact) mass is 382 g/mol. The maximum Gasteiger partial charge on any atom is 0.143 e. The van der Waals surface area contributed by atoms with Gasteiger partial charge in [-0.3, -0.25) is 9.59 Å². The highest BCUT2D eigenvalue weighted by Crippen LogP contribution is 2.18. The Morgan fingerprint density at radius 2 is 1.52 bits per heavy atom. The number of carbonyl (C=O) groups excluding carboxylic acids is 2. The number of unbranched alkanes of at least 4 members (excludes halogenated alkanes) is 3. The van der Waals surface area contributed by atoms with Crippen molar-refractivity contribution < 1.29 is 14.3 Å². The van der Waals surface area contributed by atoms with E-state index in [1.165, 1.54) is 0 Å². The summed E-state index contributed by atoms with van der Waals surface area (Å²) < 4.78 is 6.71. The summed E-state index contributed by atoms with van der Waals surface area (Å²) in [5, 5.41) is 0. The van der Waals surface area contributed by atoms with Crippen LogP contribution in [-0.2, 0) is 9.59 Å². The van der Waals surface area contributed by atoms with Gasteiger partial charge in [-0.1, -0.05) is 49.0 Å². The molecule has 23 heavy (non-hydrogen) atoms. The van der Waals surface area contributed by atoms with E-state index in [1.54, 1.807) is 0 Å². The Kier molecular flexibility index (Phi) is 9.85. The van der Waals surface area contributed by atoms with E-state index in [4.69, 9.17) is 4.74 Å². The predicted molar refractivity (Wildman–Crippen MR) is 96.8 cm³/mol. The Labute approximate surface area is 147 Å². The number of carbonyl (C=O) groups is 2. The molecule has 4 heteroatoms. The van der Waals surface area contributed by atoms with Crippen LogP contribution in [0, 0.1) is 5.92 Å². The number of ether oxygens (including phenoxy) is 1. The normalized spacial score (nSPS) is 10.8. The van der Waals surface area contributed by atoms with Gasteiger partial charge in [-0.15, -0.1) is 0 Å². The molecule has 0 saturated heterocycles. The van der Waals surface area contributed by atoms with Gasteiger partial charge >= 0.3 is 0 Å². The number of halogens is 1. The van der Waals surface area contributed by atoms with Crippen molar-refractivity contribution in [1.82, 2.24) is 0 Å². The van der Waals surface area contributed by atoms with Crippen LogP contribution in [0.2, 0.25) is 0 Å².